The summed E-state index contributed by atoms with van der Waals surface area (Å²) in [5.74, 6) is -1.29. The van der Waals surface area contributed by atoms with Crippen LogP contribution in [0.25, 0.3) is 0 Å². The lowest BCUT2D eigenvalue weighted by Gasteiger charge is -2.33. The van der Waals surface area contributed by atoms with E-state index in [1.807, 2.05) is 60.7 Å². The van der Waals surface area contributed by atoms with E-state index in [2.05, 4.69) is 5.32 Å². The molecule has 1 fully saturated rings. The first kappa shape index (κ1) is 32.4. The first-order chi connectivity index (χ1) is 20.0. The molecule has 1 aliphatic heterocycles. The van der Waals surface area contributed by atoms with Gasteiger partial charge in [0.05, 0.1) is 13.7 Å². The fourth-order valence-electron chi connectivity index (χ4n) is 5.19. The molecule has 1 aliphatic rings. The summed E-state index contributed by atoms with van der Waals surface area (Å²) in [6, 6.07) is 16.6. The van der Waals surface area contributed by atoms with Crippen molar-refractivity contribution < 1.29 is 38.1 Å². The Bertz CT molecular complexity index is 1180. The van der Waals surface area contributed by atoms with Crippen LogP contribution in [0.3, 0.4) is 0 Å². The molecule has 3 rings (SSSR count). The molecule has 0 aliphatic carbocycles. The predicted molar refractivity (Wildman–Crippen MR) is 155 cm³/mol. The highest BCUT2D eigenvalue weighted by Gasteiger charge is 2.49. The third-order valence-electron chi connectivity index (χ3n) is 7.01. The number of carbonyl (C=O) groups excluding carboxylic acids is 4. The maximum absolute atomic E-state index is 13.5. The minimum Gasteiger partial charge on any atom is -0.467 e. The van der Waals surface area contributed by atoms with Crippen LogP contribution in [0.2, 0.25) is 0 Å². The van der Waals surface area contributed by atoms with Crippen LogP contribution in [0, 0.1) is 5.92 Å². The summed E-state index contributed by atoms with van der Waals surface area (Å²) in [6.07, 6.45) is -0.0205. The number of hydrogen-bond donors (Lipinski definition) is 1. The third kappa shape index (κ3) is 9.49. The summed E-state index contributed by atoms with van der Waals surface area (Å²) < 4.78 is 21.3. The van der Waals surface area contributed by atoms with Gasteiger partial charge in [-0.05, 0) is 70.4 Å². The summed E-state index contributed by atoms with van der Waals surface area (Å²) in [4.78, 5) is 53.4. The number of nitrogens with zero attached hydrogens (tertiary/aromatic N) is 1. The number of rotatable bonds is 11. The van der Waals surface area contributed by atoms with Crippen molar-refractivity contribution in [3.63, 3.8) is 0 Å². The molecule has 0 saturated carbocycles. The van der Waals surface area contributed by atoms with Gasteiger partial charge in [0.2, 0.25) is 0 Å². The van der Waals surface area contributed by atoms with Gasteiger partial charge in [-0.25, -0.2) is 19.2 Å². The molecule has 0 bridgehead atoms. The fourth-order valence-corrected chi connectivity index (χ4v) is 5.19. The van der Waals surface area contributed by atoms with E-state index in [1.165, 1.54) is 12.0 Å². The molecule has 0 unspecified atom stereocenters. The average molecular weight is 583 g/mol. The summed E-state index contributed by atoms with van der Waals surface area (Å²) in [7, 11) is 1.24. The molecule has 0 spiro atoms. The first-order valence-corrected chi connectivity index (χ1v) is 14.3. The molecule has 1 N–H and O–H groups in total. The third-order valence-corrected chi connectivity index (χ3v) is 7.01. The van der Waals surface area contributed by atoms with Crippen molar-refractivity contribution >= 4 is 24.1 Å². The van der Waals surface area contributed by atoms with Crippen molar-refractivity contribution in [2.45, 2.75) is 83.7 Å². The van der Waals surface area contributed by atoms with Crippen molar-refractivity contribution in [2.75, 3.05) is 13.7 Å². The van der Waals surface area contributed by atoms with Gasteiger partial charge in [-0.2, -0.15) is 0 Å². The Morgan fingerprint density at radius 1 is 0.952 bits per heavy atom. The number of esters is 2. The van der Waals surface area contributed by atoms with Crippen LogP contribution in [0.5, 0.6) is 0 Å². The van der Waals surface area contributed by atoms with Crippen molar-refractivity contribution in [3.05, 3.63) is 71.8 Å². The highest BCUT2D eigenvalue weighted by molar-refractivity contribution is 5.83. The second-order valence-corrected chi connectivity index (χ2v) is 11.3. The number of hydrogen-bond acceptors (Lipinski definition) is 8. The molecule has 2 aromatic carbocycles. The largest absolute Gasteiger partial charge is 0.467 e. The predicted octanol–water partition coefficient (Wildman–Crippen LogP) is 5.03. The molecule has 228 valence electrons. The van der Waals surface area contributed by atoms with Gasteiger partial charge in [-0.3, -0.25) is 4.90 Å². The summed E-state index contributed by atoms with van der Waals surface area (Å²) in [5, 5.41) is 2.60. The minimum atomic E-state index is -1.03. The van der Waals surface area contributed by atoms with E-state index in [0.29, 0.717) is 12.8 Å². The van der Waals surface area contributed by atoms with E-state index in [-0.39, 0.29) is 32.0 Å². The first-order valence-electron chi connectivity index (χ1n) is 14.3. The maximum Gasteiger partial charge on any atom is 0.411 e. The Morgan fingerprint density at radius 3 is 2.14 bits per heavy atom. The van der Waals surface area contributed by atoms with E-state index in [0.717, 1.165) is 11.1 Å². The van der Waals surface area contributed by atoms with Gasteiger partial charge in [0.1, 0.15) is 24.3 Å². The number of nitrogens with one attached hydrogen (secondary N) is 1. The second-order valence-electron chi connectivity index (χ2n) is 11.3. The standard InChI is InChI=1S/C32H42N2O8/c1-6-40-29(36)27-20-24(19-22-13-9-7-10-14-22)26(34(27)31(38)42-32(2,3)4)18-17-25(28(35)39-5)33-30(37)41-21-23-15-11-8-12-16-23/h7-16,24-27H,6,17-21H2,1-5H3,(H,33,37)/t24-,25-,26+,27+/m1/s1. The van der Waals surface area contributed by atoms with Crippen LogP contribution >= 0.6 is 0 Å². The van der Waals surface area contributed by atoms with E-state index in [9.17, 15) is 19.2 Å². The van der Waals surface area contributed by atoms with Crippen molar-refractivity contribution in [2.24, 2.45) is 5.92 Å². The van der Waals surface area contributed by atoms with Gasteiger partial charge in [0, 0.05) is 6.04 Å². The van der Waals surface area contributed by atoms with Gasteiger partial charge >= 0.3 is 24.1 Å². The second kappa shape index (κ2) is 15.2. The summed E-state index contributed by atoms with van der Waals surface area (Å²) in [5.41, 5.74) is 1.06. The zero-order valence-corrected chi connectivity index (χ0v) is 25.0. The highest BCUT2D eigenvalue weighted by atomic mass is 16.6. The molecule has 0 aromatic heterocycles. The van der Waals surface area contributed by atoms with Crippen molar-refractivity contribution in [3.8, 4) is 0 Å². The molecule has 1 heterocycles. The Labute approximate surface area is 247 Å². The van der Waals surface area contributed by atoms with E-state index in [1.54, 1.807) is 27.7 Å². The van der Waals surface area contributed by atoms with Gasteiger partial charge in [0.25, 0.3) is 0 Å². The summed E-state index contributed by atoms with van der Waals surface area (Å²) in [6.45, 7) is 7.20. The number of amides is 2. The van der Waals surface area contributed by atoms with Crippen LogP contribution < -0.4 is 5.32 Å². The monoisotopic (exact) mass is 582 g/mol. The highest BCUT2D eigenvalue weighted by Crippen LogP contribution is 2.37. The van der Waals surface area contributed by atoms with Crippen LogP contribution in [0.1, 0.15) is 58.1 Å². The molecular weight excluding hydrogens is 540 g/mol. The van der Waals surface area contributed by atoms with Crippen LogP contribution in [-0.2, 0) is 41.6 Å². The molecule has 0 radical (unpaired) electrons. The van der Waals surface area contributed by atoms with Crippen LogP contribution in [-0.4, -0.2) is 66.5 Å². The Balaban J connectivity index is 1.83. The summed E-state index contributed by atoms with van der Waals surface area (Å²) >= 11 is 0. The lowest BCUT2D eigenvalue weighted by atomic mass is 9.88. The van der Waals surface area contributed by atoms with Gasteiger partial charge in [-0.15, -0.1) is 0 Å². The lowest BCUT2D eigenvalue weighted by molar-refractivity contribution is -0.149. The SMILES string of the molecule is CCOC(=O)[C@@H]1C[C@@H](Cc2ccccc2)[C@H](CC[C@@H](NC(=O)OCc2ccccc2)C(=O)OC)N1C(=O)OC(C)(C)C. The number of methoxy groups -OCH3 is 1. The van der Waals surface area contributed by atoms with Crippen LogP contribution in [0.15, 0.2) is 60.7 Å². The fraction of sp³-hybridized carbons (Fsp3) is 0.500. The van der Waals surface area contributed by atoms with Gasteiger partial charge in [0.15, 0.2) is 0 Å². The number of alkyl carbamates (subject to hydrolysis) is 1. The van der Waals surface area contributed by atoms with E-state index in [4.69, 9.17) is 18.9 Å². The van der Waals surface area contributed by atoms with Gasteiger partial charge in [-0.1, -0.05) is 60.7 Å². The molecule has 2 aromatic rings. The quantitative estimate of drug-likeness (QED) is 0.289. The van der Waals surface area contributed by atoms with E-state index >= 15 is 0 Å². The normalized spacial score (nSPS) is 19.0. The molecule has 2 amide bonds. The maximum atomic E-state index is 13.5. The zero-order valence-electron chi connectivity index (χ0n) is 25.0. The minimum absolute atomic E-state index is 0.0377. The lowest BCUT2D eigenvalue weighted by Crippen LogP contribution is -2.49. The molecule has 1 saturated heterocycles. The number of likely N-dealkylation sites (tertiary alicyclic amines) is 1. The van der Waals surface area contributed by atoms with Crippen molar-refractivity contribution in [1.29, 1.82) is 0 Å². The van der Waals surface area contributed by atoms with Crippen molar-refractivity contribution in [1.82, 2.24) is 10.2 Å². The molecule has 10 nitrogen and oxygen atoms in total. The van der Waals surface area contributed by atoms with E-state index < -0.39 is 47.9 Å². The Hall–Kier alpha value is -4.08. The Morgan fingerprint density at radius 2 is 1.57 bits per heavy atom. The smallest absolute Gasteiger partial charge is 0.411 e. The average Bonchev–Trinajstić information content (AvgIpc) is 3.32. The van der Waals surface area contributed by atoms with Crippen LogP contribution in [0.4, 0.5) is 9.59 Å². The van der Waals surface area contributed by atoms with Gasteiger partial charge < -0.3 is 24.3 Å². The molecule has 4 atom stereocenters. The molecule has 10 heteroatoms. The topological polar surface area (TPSA) is 120 Å². The molecular formula is C32H42N2O8. The number of benzene rings is 2. The zero-order chi connectivity index (χ0) is 30.7. The number of carbonyl (C=O) groups is 4. The number of ether oxygens (including phenoxy) is 4. The molecule has 42 heavy (non-hydrogen) atoms. The Kier molecular flexibility index (Phi) is 11.8.